The van der Waals surface area contributed by atoms with E-state index in [-0.39, 0.29) is 24.1 Å². The van der Waals surface area contributed by atoms with Gasteiger partial charge >= 0.3 is 6.03 Å². The molecule has 0 bridgehead atoms. The fourth-order valence-corrected chi connectivity index (χ4v) is 3.82. The van der Waals surface area contributed by atoms with Crippen molar-refractivity contribution >= 4 is 23.3 Å². The Morgan fingerprint density at radius 2 is 2.29 bits per heavy atom. The van der Waals surface area contributed by atoms with Gasteiger partial charge in [0.2, 0.25) is 5.90 Å². The normalized spacial score (nSPS) is 22.3. The van der Waals surface area contributed by atoms with Crippen LogP contribution in [0.25, 0.3) is 0 Å². The maximum atomic E-state index is 12.6. The third-order valence-electron chi connectivity index (χ3n) is 5.51. The fourth-order valence-electron chi connectivity index (χ4n) is 3.82. The average Bonchev–Trinajstić information content (AvgIpc) is 3.20. The van der Waals surface area contributed by atoms with Crippen LogP contribution in [0.2, 0.25) is 0 Å². The molecule has 28 heavy (non-hydrogen) atoms. The van der Waals surface area contributed by atoms with Crippen LogP contribution in [-0.2, 0) is 16.0 Å². The average molecular weight is 382 g/mol. The summed E-state index contributed by atoms with van der Waals surface area (Å²) >= 11 is 0. The van der Waals surface area contributed by atoms with Gasteiger partial charge in [-0.15, -0.1) is 0 Å². The van der Waals surface area contributed by atoms with Crippen LogP contribution < -0.4 is 11.1 Å². The molecular formula is C21H26N4O3. The summed E-state index contributed by atoms with van der Waals surface area (Å²) in [6.45, 7) is 3.65. The number of anilines is 2. The van der Waals surface area contributed by atoms with Gasteiger partial charge in [-0.2, -0.15) is 0 Å². The Morgan fingerprint density at radius 3 is 3.00 bits per heavy atom. The Balaban J connectivity index is 1.56. The van der Waals surface area contributed by atoms with Crippen molar-refractivity contribution in [2.24, 2.45) is 0 Å². The number of nitrogens with zero attached hydrogens (tertiary/aromatic N) is 1. The lowest BCUT2D eigenvalue weighted by atomic mass is 9.98. The quantitative estimate of drug-likeness (QED) is 0.422. The third kappa shape index (κ3) is 3.62. The topological polar surface area (TPSA) is 101 Å². The minimum atomic E-state index is -0.138. The van der Waals surface area contributed by atoms with Crippen molar-refractivity contribution in [3.05, 3.63) is 47.1 Å². The summed E-state index contributed by atoms with van der Waals surface area (Å²) in [5.41, 5.74) is 9.88. The van der Waals surface area contributed by atoms with Crippen LogP contribution >= 0.6 is 0 Å². The van der Waals surface area contributed by atoms with Crippen molar-refractivity contribution in [2.75, 3.05) is 24.3 Å². The number of amides is 2. The van der Waals surface area contributed by atoms with E-state index in [1.165, 1.54) is 0 Å². The first-order valence-corrected chi connectivity index (χ1v) is 9.73. The van der Waals surface area contributed by atoms with Gasteiger partial charge in [0.15, 0.2) is 0 Å². The van der Waals surface area contributed by atoms with Crippen LogP contribution in [0.1, 0.15) is 37.3 Å². The zero-order valence-electron chi connectivity index (χ0n) is 16.0. The van der Waals surface area contributed by atoms with Gasteiger partial charge in [-0.3, -0.25) is 5.41 Å². The molecule has 0 spiro atoms. The van der Waals surface area contributed by atoms with Crippen molar-refractivity contribution in [3.63, 3.8) is 0 Å². The van der Waals surface area contributed by atoms with Gasteiger partial charge in [-0.05, 0) is 43.0 Å². The molecule has 1 aromatic carbocycles. The highest BCUT2D eigenvalue weighted by Gasteiger charge is 2.29. The second-order valence-electron chi connectivity index (χ2n) is 7.45. The molecule has 2 aliphatic heterocycles. The molecule has 0 aromatic heterocycles. The minimum absolute atomic E-state index is 0.0305. The predicted octanol–water partition coefficient (Wildman–Crippen LogP) is 3.41. The number of nitrogens with one attached hydrogen (secondary N) is 2. The highest BCUT2D eigenvalue weighted by molar-refractivity contribution is 6.00. The number of carbonyl (C=O) groups is 1. The summed E-state index contributed by atoms with van der Waals surface area (Å²) < 4.78 is 11.0. The molecule has 3 aliphatic rings. The van der Waals surface area contributed by atoms with Crippen LogP contribution in [0.3, 0.4) is 0 Å². The fraction of sp³-hybridized carbons (Fsp3) is 0.429. The summed E-state index contributed by atoms with van der Waals surface area (Å²) in [6, 6.07) is 3.40. The molecule has 0 saturated carbocycles. The molecule has 0 radical (unpaired) electrons. The van der Waals surface area contributed by atoms with Crippen LogP contribution in [0.4, 0.5) is 16.2 Å². The van der Waals surface area contributed by atoms with E-state index in [2.05, 4.69) is 23.5 Å². The zero-order valence-corrected chi connectivity index (χ0v) is 16.0. The number of nitrogen functional groups attached to an aromatic ring is 1. The summed E-state index contributed by atoms with van der Waals surface area (Å²) in [4.78, 5) is 14.4. The number of ether oxygens (including phenoxy) is 2. The molecular weight excluding hydrogens is 356 g/mol. The van der Waals surface area contributed by atoms with Crippen LogP contribution in [0.5, 0.6) is 0 Å². The highest BCUT2D eigenvalue weighted by atomic mass is 16.5. The highest BCUT2D eigenvalue weighted by Crippen LogP contribution is 2.31. The molecule has 7 heteroatoms. The van der Waals surface area contributed by atoms with Gasteiger partial charge in [-0.25, -0.2) is 4.79 Å². The van der Waals surface area contributed by atoms with Crippen LogP contribution in [-0.4, -0.2) is 42.2 Å². The molecule has 1 aromatic rings. The standard InChI is InChI=1S/C21H26N4O3/c1-13(14-5-3-2-4-6-14)25-11-15-9-17(18(22)10-19(15)24-21(25)26)20(23)28-16-7-8-27-12-16/h3,5-6,9-10,13,16,23H,2,4,7-8,11-12,22H2,1H3,(H,24,26). The first-order valence-electron chi connectivity index (χ1n) is 9.73. The van der Waals surface area contributed by atoms with E-state index in [0.29, 0.717) is 36.7 Å². The van der Waals surface area contributed by atoms with Gasteiger partial charge in [0.05, 0.1) is 31.4 Å². The maximum Gasteiger partial charge on any atom is 0.322 e. The monoisotopic (exact) mass is 382 g/mol. The smallest absolute Gasteiger partial charge is 0.322 e. The number of hydrogen-bond donors (Lipinski definition) is 3. The largest absolute Gasteiger partial charge is 0.472 e. The zero-order chi connectivity index (χ0) is 19.7. The second-order valence-corrected chi connectivity index (χ2v) is 7.45. The molecule has 7 nitrogen and oxygen atoms in total. The second kappa shape index (κ2) is 7.67. The number of urea groups is 1. The van der Waals surface area contributed by atoms with E-state index < -0.39 is 0 Å². The van der Waals surface area contributed by atoms with Crippen LogP contribution in [0, 0.1) is 5.41 Å². The van der Waals surface area contributed by atoms with Crippen molar-refractivity contribution < 1.29 is 14.3 Å². The Kier molecular flexibility index (Phi) is 5.09. The van der Waals surface area contributed by atoms with Crippen LogP contribution in [0.15, 0.2) is 35.9 Å². The first kappa shape index (κ1) is 18.6. The molecule has 4 rings (SSSR count). The number of nitrogens with two attached hydrogens (primary N) is 1. The van der Waals surface area contributed by atoms with E-state index in [4.69, 9.17) is 20.6 Å². The maximum absolute atomic E-state index is 12.6. The number of allylic oxidation sites excluding steroid dienone is 2. The predicted molar refractivity (Wildman–Crippen MR) is 108 cm³/mol. The van der Waals surface area contributed by atoms with Gasteiger partial charge < -0.3 is 25.4 Å². The molecule has 4 N–H and O–H groups in total. The minimum Gasteiger partial charge on any atom is -0.472 e. The van der Waals surface area contributed by atoms with E-state index in [1.807, 2.05) is 13.0 Å². The third-order valence-corrected chi connectivity index (χ3v) is 5.51. The number of fused-ring (bicyclic) bond motifs is 1. The summed E-state index contributed by atoms with van der Waals surface area (Å²) in [7, 11) is 0. The van der Waals surface area contributed by atoms with Gasteiger partial charge in [0.25, 0.3) is 0 Å². The molecule has 148 valence electrons. The summed E-state index contributed by atoms with van der Waals surface area (Å²) in [5.74, 6) is 0.0465. The molecule has 1 fully saturated rings. The molecule has 2 heterocycles. The summed E-state index contributed by atoms with van der Waals surface area (Å²) in [6.07, 6.45) is 9.14. The number of rotatable bonds is 4. The Bertz CT molecular complexity index is 855. The molecule has 1 saturated heterocycles. The molecule has 2 atom stereocenters. The van der Waals surface area contributed by atoms with Gasteiger partial charge in [-0.1, -0.05) is 18.2 Å². The first-order chi connectivity index (χ1) is 13.5. The Hall–Kier alpha value is -2.80. The lowest BCUT2D eigenvalue weighted by molar-refractivity contribution is 0.134. The Labute approximate surface area is 164 Å². The van der Waals surface area contributed by atoms with E-state index >= 15 is 0 Å². The van der Waals surface area contributed by atoms with Gasteiger partial charge in [0, 0.05) is 17.8 Å². The van der Waals surface area contributed by atoms with E-state index in [0.717, 1.165) is 30.4 Å². The Morgan fingerprint density at radius 1 is 1.43 bits per heavy atom. The van der Waals surface area contributed by atoms with Crippen molar-refractivity contribution in [1.29, 1.82) is 5.41 Å². The van der Waals surface area contributed by atoms with Crippen molar-refractivity contribution in [2.45, 2.75) is 44.9 Å². The van der Waals surface area contributed by atoms with Crippen molar-refractivity contribution in [3.8, 4) is 0 Å². The van der Waals surface area contributed by atoms with Gasteiger partial charge in [0.1, 0.15) is 6.10 Å². The SMILES string of the molecule is CC(C1=CCCC=C1)N1Cc2cc(C(=N)OC3CCOC3)c(N)cc2NC1=O. The molecule has 2 unspecified atom stereocenters. The van der Waals surface area contributed by atoms with E-state index in [9.17, 15) is 4.79 Å². The van der Waals surface area contributed by atoms with Crippen molar-refractivity contribution in [1.82, 2.24) is 4.90 Å². The van der Waals surface area contributed by atoms with E-state index in [1.54, 1.807) is 11.0 Å². The molecule has 2 amide bonds. The summed E-state index contributed by atoms with van der Waals surface area (Å²) in [5, 5.41) is 11.2. The molecule has 1 aliphatic carbocycles. The number of benzene rings is 1. The number of hydrogen-bond acceptors (Lipinski definition) is 5. The lowest BCUT2D eigenvalue weighted by Gasteiger charge is -2.35. The lowest BCUT2D eigenvalue weighted by Crippen LogP contribution is -2.44. The number of carbonyl (C=O) groups excluding carboxylic acids is 1.